The summed E-state index contributed by atoms with van der Waals surface area (Å²) in [5.41, 5.74) is 4.83. The fourth-order valence-electron chi connectivity index (χ4n) is 6.61. The number of carbonyl (C=O) groups excluding carboxylic acids is 1. The maximum Gasteiger partial charge on any atom is 0.245 e. The average Bonchev–Trinajstić information content (AvgIpc) is 3.45. The van der Waals surface area contributed by atoms with Crippen molar-refractivity contribution in [1.29, 1.82) is 0 Å². The van der Waals surface area contributed by atoms with Crippen molar-refractivity contribution in [2.45, 2.75) is 75.0 Å². The van der Waals surface area contributed by atoms with E-state index < -0.39 is 16.1 Å². The Balaban J connectivity index is 1.15. The third-order valence-electron chi connectivity index (χ3n) is 8.72. The number of fused-ring (bicyclic) bond motifs is 2. The number of likely N-dealkylation sites (tertiary alicyclic amines) is 1. The van der Waals surface area contributed by atoms with Crippen molar-refractivity contribution in [1.82, 2.24) is 19.1 Å². The van der Waals surface area contributed by atoms with Gasteiger partial charge in [0.05, 0.1) is 16.1 Å². The molecule has 10 heteroatoms. The smallest absolute Gasteiger partial charge is 0.245 e. The first-order valence-electron chi connectivity index (χ1n) is 14.5. The van der Waals surface area contributed by atoms with Crippen LogP contribution >= 0.6 is 23.2 Å². The lowest BCUT2D eigenvalue weighted by atomic mass is 9.87. The lowest BCUT2D eigenvalue weighted by molar-refractivity contribution is -0.123. The van der Waals surface area contributed by atoms with Gasteiger partial charge in [-0.1, -0.05) is 53.9 Å². The molecule has 7 nitrogen and oxygen atoms in total. The van der Waals surface area contributed by atoms with Crippen LogP contribution in [0.2, 0.25) is 10.0 Å². The summed E-state index contributed by atoms with van der Waals surface area (Å²) in [4.78, 5) is 15.9. The van der Waals surface area contributed by atoms with Gasteiger partial charge in [-0.2, -0.15) is 4.31 Å². The third-order valence-corrected chi connectivity index (χ3v) is 11.6. The minimum Gasteiger partial charge on any atom is -0.353 e. The predicted molar refractivity (Wildman–Crippen MR) is 162 cm³/mol. The molecule has 0 saturated carbocycles. The van der Waals surface area contributed by atoms with Gasteiger partial charge in [0.2, 0.25) is 15.9 Å². The molecule has 2 aliphatic heterocycles. The number of sulfonamides is 1. The van der Waals surface area contributed by atoms with Crippen LogP contribution in [-0.4, -0.2) is 53.8 Å². The number of carbonyl (C=O) groups is 1. The molecule has 6 rings (SSSR count). The van der Waals surface area contributed by atoms with Gasteiger partial charge in [0.25, 0.3) is 0 Å². The highest BCUT2D eigenvalue weighted by Gasteiger charge is 2.39. The van der Waals surface area contributed by atoms with Gasteiger partial charge in [0, 0.05) is 44.0 Å². The quantitative estimate of drug-likeness (QED) is 0.376. The molecule has 0 bridgehead atoms. The van der Waals surface area contributed by atoms with Gasteiger partial charge >= 0.3 is 0 Å². The molecule has 41 heavy (non-hydrogen) atoms. The molecule has 3 heterocycles. The summed E-state index contributed by atoms with van der Waals surface area (Å²) in [5, 5.41) is 3.40. The summed E-state index contributed by atoms with van der Waals surface area (Å²) in [6.45, 7) is 4.11. The van der Waals surface area contributed by atoms with Gasteiger partial charge in [-0.15, -0.1) is 0 Å². The minimum atomic E-state index is -4.00. The molecule has 2 aromatic carbocycles. The average molecular weight is 616 g/mol. The Morgan fingerprint density at radius 2 is 1.78 bits per heavy atom. The Morgan fingerprint density at radius 1 is 0.951 bits per heavy atom. The van der Waals surface area contributed by atoms with Gasteiger partial charge in [-0.05, 0) is 86.1 Å². The number of nitrogens with zero attached hydrogens (tertiary/aromatic N) is 3. The molecule has 1 saturated heterocycles. The number of aromatic nitrogens is 1. The zero-order valence-electron chi connectivity index (χ0n) is 23.1. The minimum absolute atomic E-state index is 0.00159. The van der Waals surface area contributed by atoms with Crippen LogP contribution in [0.25, 0.3) is 0 Å². The molecule has 0 spiro atoms. The second-order valence-corrected chi connectivity index (χ2v) is 14.1. The Bertz CT molecular complexity index is 1530. The van der Waals surface area contributed by atoms with Crippen LogP contribution in [0.1, 0.15) is 60.5 Å². The molecule has 1 aromatic heterocycles. The summed E-state index contributed by atoms with van der Waals surface area (Å²) in [5.74, 6) is -0.155. The first-order valence-corrected chi connectivity index (χ1v) is 16.7. The topological polar surface area (TPSA) is 74.6 Å². The van der Waals surface area contributed by atoms with Crippen molar-refractivity contribution in [3.05, 3.63) is 87.2 Å². The van der Waals surface area contributed by atoms with Crippen molar-refractivity contribution in [2.24, 2.45) is 0 Å². The van der Waals surface area contributed by atoms with Gasteiger partial charge < -0.3 is 9.88 Å². The van der Waals surface area contributed by atoms with E-state index in [-0.39, 0.29) is 39.9 Å². The van der Waals surface area contributed by atoms with Crippen LogP contribution in [0, 0.1) is 0 Å². The molecule has 3 aromatic rings. The van der Waals surface area contributed by atoms with Gasteiger partial charge in [0.15, 0.2) is 0 Å². The number of nitrogens with one attached hydrogen (secondary N) is 1. The van der Waals surface area contributed by atoms with E-state index in [0.29, 0.717) is 6.54 Å². The largest absolute Gasteiger partial charge is 0.353 e. The normalized spacial score (nSPS) is 21.7. The summed E-state index contributed by atoms with van der Waals surface area (Å²) in [6, 6.07) is 14.6. The van der Waals surface area contributed by atoms with Crippen LogP contribution in [0.3, 0.4) is 0 Å². The van der Waals surface area contributed by atoms with Gasteiger partial charge in [0.1, 0.15) is 4.90 Å². The number of rotatable bonds is 7. The monoisotopic (exact) mass is 614 g/mol. The van der Waals surface area contributed by atoms with E-state index in [2.05, 4.69) is 28.4 Å². The summed E-state index contributed by atoms with van der Waals surface area (Å²) < 4.78 is 31.0. The molecule has 1 fully saturated rings. The van der Waals surface area contributed by atoms with Crippen LogP contribution in [-0.2, 0) is 40.7 Å². The molecule has 1 N–H and O–H groups in total. The standard InChI is InChI=1S/C31H36Cl2N4O3S/c32-26-6-4-8-29(31(26)33)41(39,40)37-17-16-36-15-5-7-27(36)28(37)20-30(38)34-25-12-11-23-18-22(9-10-24(23)19-25)21-35-13-2-1-3-14-35/h4-10,15,18,25,28H,1-3,11-14,16-17,19-21H2,(H,34,38). The molecular formula is C31H36Cl2N4O3S. The maximum atomic E-state index is 13.8. The van der Waals surface area contributed by atoms with Crippen LogP contribution in [0.5, 0.6) is 0 Å². The van der Waals surface area contributed by atoms with Crippen molar-refractivity contribution in [3.63, 3.8) is 0 Å². The summed E-state index contributed by atoms with van der Waals surface area (Å²) in [7, 11) is -4.00. The SMILES string of the molecule is O=C(CC1c2cccn2CCN1S(=O)(=O)c1cccc(Cl)c1Cl)NC1CCc2cc(CN3CCCCC3)ccc2C1. The van der Waals surface area contributed by atoms with E-state index in [0.717, 1.165) is 31.5 Å². The molecule has 2 unspecified atom stereocenters. The van der Waals surface area contributed by atoms with Crippen molar-refractivity contribution >= 4 is 39.1 Å². The summed E-state index contributed by atoms with van der Waals surface area (Å²) in [6.07, 6.45) is 8.45. The molecule has 218 valence electrons. The molecule has 3 aliphatic rings. The van der Waals surface area contributed by atoms with E-state index in [4.69, 9.17) is 23.2 Å². The lowest BCUT2D eigenvalue weighted by Gasteiger charge is -2.36. The van der Waals surface area contributed by atoms with Crippen molar-refractivity contribution in [3.8, 4) is 0 Å². The number of halogens is 2. The highest BCUT2D eigenvalue weighted by Crippen LogP contribution is 2.38. The molecule has 1 amide bonds. The molecule has 1 aliphatic carbocycles. The van der Waals surface area contributed by atoms with Crippen LogP contribution < -0.4 is 5.32 Å². The van der Waals surface area contributed by atoms with E-state index in [9.17, 15) is 13.2 Å². The van der Waals surface area contributed by atoms with Gasteiger partial charge in [-0.25, -0.2) is 8.42 Å². The highest BCUT2D eigenvalue weighted by molar-refractivity contribution is 7.89. The van der Waals surface area contributed by atoms with Crippen molar-refractivity contribution in [2.75, 3.05) is 19.6 Å². The third kappa shape index (κ3) is 6.09. The van der Waals surface area contributed by atoms with Crippen LogP contribution in [0.15, 0.2) is 59.6 Å². The fraction of sp³-hybridized carbons (Fsp3) is 0.452. The van der Waals surface area contributed by atoms with E-state index in [1.165, 1.54) is 59.4 Å². The first-order chi connectivity index (χ1) is 19.8. The number of piperidine rings is 1. The second kappa shape index (κ2) is 12.1. The van der Waals surface area contributed by atoms with E-state index >= 15 is 0 Å². The number of aryl methyl sites for hydroxylation is 1. The first kappa shape index (κ1) is 28.7. The number of hydrogen-bond acceptors (Lipinski definition) is 4. The Morgan fingerprint density at radius 3 is 2.61 bits per heavy atom. The van der Waals surface area contributed by atoms with Crippen molar-refractivity contribution < 1.29 is 13.2 Å². The Hall–Kier alpha value is -2.36. The summed E-state index contributed by atoms with van der Waals surface area (Å²) >= 11 is 12.5. The number of amides is 1. The predicted octanol–water partition coefficient (Wildman–Crippen LogP) is 5.59. The number of hydrogen-bond donors (Lipinski definition) is 1. The fourth-order valence-corrected chi connectivity index (χ4v) is 8.94. The Kier molecular flexibility index (Phi) is 8.48. The van der Waals surface area contributed by atoms with E-state index in [1.54, 1.807) is 12.1 Å². The second-order valence-electron chi connectivity index (χ2n) is 11.5. The van der Waals surface area contributed by atoms with Crippen LogP contribution in [0.4, 0.5) is 0 Å². The lowest BCUT2D eigenvalue weighted by Crippen LogP contribution is -2.45. The molecule has 2 atom stereocenters. The Labute approximate surface area is 252 Å². The highest BCUT2D eigenvalue weighted by atomic mass is 35.5. The zero-order valence-corrected chi connectivity index (χ0v) is 25.4. The zero-order chi connectivity index (χ0) is 28.6. The maximum absolute atomic E-state index is 13.8. The molecular weight excluding hydrogens is 579 g/mol. The molecule has 0 radical (unpaired) electrons. The van der Waals surface area contributed by atoms with Gasteiger partial charge in [-0.3, -0.25) is 9.69 Å². The van der Waals surface area contributed by atoms with E-state index in [1.807, 2.05) is 22.9 Å². The number of benzene rings is 2.